The monoisotopic (exact) mass is 402 g/mol. The van der Waals surface area contributed by atoms with E-state index in [2.05, 4.69) is 100.0 Å². The fraction of sp³-hybridized carbons (Fsp3) is 0.385. The van der Waals surface area contributed by atoms with Crippen molar-refractivity contribution < 1.29 is 0 Å². The van der Waals surface area contributed by atoms with Crippen LogP contribution in [-0.2, 0) is 0 Å². The maximum Gasteiger partial charge on any atom is 0.0566 e. The molecule has 0 bridgehead atoms. The Morgan fingerprint density at radius 3 is 1.29 bits per heavy atom. The van der Waals surface area contributed by atoms with Crippen LogP contribution in [0.15, 0.2) is 60.7 Å². The van der Waals surface area contributed by atoms with Crippen LogP contribution in [0.25, 0.3) is 11.1 Å². The summed E-state index contributed by atoms with van der Waals surface area (Å²) in [5, 5.41) is 0. The Bertz CT molecular complexity index is 871. The van der Waals surface area contributed by atoms with Gasteiger partial charge in [-0.25, -0.2) is 0 Å². The van der Waals surface area contributed by atoms with Crippen LogP contribution in [0.5, 0.6) is 0 Å². The minimum Gasteiger partial charge on any atom is -0.0759 e. The summed E-state index contributed by atoms with van der Waals surface area (Å²) in [7, 11) is -2.51. The molecule has 2 atom stereocenters. The molecule has 0 saturated carbocycles. The lowest BCUT2D eigenvalue weighted by molar-refractivity contribution is 1.09. The molecule has 0 nitrogen and oxygen atoms in total. The fourth-order valence-corrected chi connectivity index (χ4v) is 8.79. The van der Waals surface area contributed by atoms with E-state index in [1.807, 2.05) is 0 Å². The highest BCUT2D eigenvalue weighted by molar-refractivity contribution is 6.78. The molecular formula is C26H34Si2. The molecule has 0 saturated heterocycles. The first kappa shape index (κ1) is 19.7. The van der Waals surface area contributed by atoms with Crippen molar-refractivity contribution in [2.24, 2.45) is 0 Å². The minimum absolute atomic E-state index is 0.665. The smallest absolute Gasteiger partial charge is 0.0566 e. The molecule has 0 heterocycles. The second kappa shape index (κ2) is 7.00. The Morgan fingerprint density at radius 1 is 0.571 bits per heavy atom. The molecule has 28 heavy (non-hydrogen) atoms. The molecule has 0 aromatic heterocycles. The van der Waals surface area contributed by atoms with Crippen LogP contribution in [-0.4, -0.2) is 16.1 Å². The predicted molar refractivity (Wildman–Crippen MR) is 130 cm³/mol. The molecule has 4 rings (SSSR count). The van der Waals surface area contributed by atoms with Crippen LogP contribution in [0.1, 0.15) is 46.2 Å². The van der Waals surface area contributed by atoms with Gasteiger partial charge < -0.3 is 0 Å². The number of hydrogen-bond acceptors (Lipinski definition) is 0. The predicted octanol–water partition coefficient (Wildman–Crippen LogP) is 7.88. The van der Waals surface area contributed by atoms with Gasteiger partial charge in [-0.3, -0.25) is 0 Å². The zero-order valence-electron chi connectivity index (χ0n) is 18.3. The molecule has 2 aromatic rings. The van der Waals surface area contributed by atoms with Gasteiger partial charge in [0.1, 0.15) is 0 Å². The van der Waals surface area contributed by atoms with Crippen LogP contribution in [0.2, 0.25) is 39.3 Å². The minimum atomic E-state index is -1.26. The molecule has 0 amide bonds. The van der Waals surface area contributed by atoms with Gasteiger partial charge in [-0.05, 0) is 57.3 Å². The van der Waals surface area contributed by atoms with E-state index in [0.29, 0.717) is 11.1 Å². The third-order valence-corrected chi connectivity index (χ3v) is 11.2. The van der Waals surface area contributed by atoms with Gasteiger partial charge in [-0.15, -0.1) is 0 Å². The lowest BCUT2D eigenvalue weighted by atomic mass is 9.97. The molecule has 2 aliphatic carbocycles. The molecule has 0 radical (unpaired) electrons. The van der Waals surface area contributed by atoms with E-state index in [0.717, 1.165) is 12.8 Å². The average molecular weight is 403 g/mol. The molecule has 2 aromatic carbocycles. The van der Waals surface area contributed by atoms with Gasteiger partial charge >= 0.3 is 0 Å². The molecule has 0 aliphatic heterocycles. The average Bonchev–Trinajstić information content (AvgIpc) is 3.18. The lowest BCUT2D eigenvalue weighted by Gasteiger charge is -2.24. The van der Waals surface area contributed by atoms with E-state index in [1.54, 1.807) is 22.3 Å². The second-order valence-electron chi connectivity index (χ2n) is 10.7. The van der Waals surface area contributed by atoms with Gasteiger partial charge in [-0.1, -0.05) is 100.0 Å². The molecule has 2 unspecified atom stereocenters. The molecule has 146 valence electrons. The Balaban J connectivity index is 1.62. The standard InChI is InChI=1S/C26H34Si2/c1-27(2,3)25-17-19(21-11-7-9-13-23(21)25)15-16-20-18-26(28(4,5)6)24-14-10-8-12-22(20)24/h7-14,17-18,25-26H,15-16H2,1-6H3. The number of benzene rings is 2. The van der Waals surface area contributed by atoms with Crippen molar-refractivity contribution >= 4 is 27.3 Å². The number of allylic oxidation sites excluding steroid dienone is 4. The number of hydrogen-bond donors (Lipinski definition) is 0. The first-order chi connectivity index (χ1) is 13.2. The van der Waals surface area contributed by atoms with Crippen LogP contribution >= 0.6 is 0 Å². The molecule has 2 heteroatoms. The maximum atomic E-state index is 2.62. The summed E-state index contributed by atoms with van der Waals surface area (Å²) in [5.74, 6) is 0. The van der Waals surface area contributed by atoms with Crippen LogP contribution in [0.4, 0.5) is 0 Å². The van der Waals surface area contributed by atoms with E-state index in [4.69, 9.17) is 0 Å². The largest absolute Gasteiger partial charge is 0.0759 e. The highest BCUT2D eigenvalue weighted by Gasteiger charge is 2.35. The highest BCUT2D eigenvalue weighted by Crippen LogP contribution is 2.46. The van der Waals surface area contributed by atoms with Gasteiger partial charge in [0, 0.05) is 0 Å². The summed E-state index contributed by atoms with van der Waals surface area (Å²) in [4.78, 5) is 0. The van der Waals surface area contributed by atoms with Gasteiger partial charge in [0.25, 0.3) is 0 Å². The lowest BCUT2D eigenvalue weighted by Crippen LogP contribution is -2.28. The molecular weight excluding hydrogens is 368 g/mol. The van der Waals surface area contributed by atoms with Gasteiger partial charge in [0.2, 0.25) is 0 Å². The third kappa shape index (κ3) is 3.53. The van der Waals surface area contributed by atoms with Crippen molar-refractivity contribution in [3.63, 3.8) is 0 Å². The fourth-order valence-electron chi connectivity index (χ4n) is 5.02. The van der Waals surface area contributed by atoms with Crippen molar-refractivity contribution in [1.29, 1.82) is 0 Å². The van der Waals surface area contributed by atoms with Crippen LogP contribution in [0.3, 0.4) is 0 Å². The zero-order chi connectivity index (χ0) is 20.1. The topological polar surface area (TPSA) is 0 Å². The molecule has 0 spiro atoms. The van der Waals surface area contributed by atoms with Crippen molar-refractivity contribution in [1.82, 2.24) is 0 Å². The first-order valence-corrected chi connectivity index (χ1v) is 17.9. The van der Waals surface area contributed by atoms with E-state index < -0.39 is 16.1 Å². The van der Waals surface area contributed by atoms with Crippen molar-refractivity contribution in [2.75, 3.05) is 0 Å². The zero-order valence-corrected chi connectivity index (χ0v) is 20.3. The third-order valence-electron chi connectivity index (χ3n) is 6.55. The Kier molecular flexibility index (Phi) is 4.91. The van der Waals surface area contributed by atoms with Gasteiger partial charge in [-0.2, -0.15) is 0 Å². The summed E-state index contributed by atoms with van der Waals surface area (Å²) in [6, 6.07) is 18.3. The van der Waals surface area contributed by atoms with Gasteiger partial charge in [0.15, 0.2) is 0 Å². The van der Waals surface area contributed by atoms with Crippen molar-refractivity contribution in [3.05, 3.63) is 82.9 Å². The van der Waals surface area contributed by atoms with E-state index >= 15 is 0 Å². The first-order valence-electron chi connectivity index (χ1n) is 10.8. The van der Waals surface area contributed by atoms with Crippen LogP contribution in [0, 0.1) is 0 Å². The van der Waals surface area contributed by atoms with Gasteiger partial charge in [0.05, 0.1) is 16.1 Å². The Hall–Kier alpha value is -1.65. The summed E-state index contributed by atoms with van der Waals surface area (Å²) in [6.45, 7) is 15.0. The van der Waals surface area contributed by atoms with Crippen molar-refractivity contribution in [3.8, 4) is 0 Å². The maximum absolute atomic E-state index is 2.62. The molecule has 2 aliphatic rings. The quantitative estimate of drug-likeness (QED) is 0.446. The van der Waals surface area contributed by atoms with Crippen molar-refractivity contribution in [2.45, 2.75) is 63.2 Å². The number of rotatable bonds is 5. The van der Waals surface area contributed by atoms with Crippen LogP contribution < -0.4 is 0 Å². The van der Waals surface area contributed by atoms with E-state index in [-0.39, 0.29) is 0 Å². The number of fused-ring (bicyclic) bond motifs is 2. The summed E-state index contributed by atoms with van der Waals surface area (Å²) < 4.78 is 0. The Morgan fingerprint density at radius 2 is 0.929 bits per heavy atom. The highest BCUT2D eigenvalue weighted by atomic mass is 28.3. The molecule has 0 fully saturated rings. The summed E-state index contributed by atoms with van der Waals surface area (Å²) in [5.41, 5.74) is 10.7. The summed E-state index contributed by atoms with van der Waals surface area (Å²) >= 11 is 0. The second-order valence-corrected chi connectivity index (χ2v) is 21.5. The Labute approximate surface area is 173 Å². The molecule has 0 N–H and O–H groups in total. The SMILES string of the molecule is C[Si](C)(C)C1C=C(CCC2=CC([Si](C)(C)C)c3ccccc32)c2ccccc21. The van der Waals surface area contributed by atoms with E-state index in [9.17, 15) is 0 Å². The normalized spacial score (nSPS) is 21.2. The van der Waals surface area contributed by atoms with E-state index in [1.165, 1.54) is 11.1 Å². The summed E-state index contributed by atoms with van der Waals surface area (Å²) in [6.07, 6.45) is 7.57.